The molecule has 0 fully saturated rings. The molecule has 0 radical (unpaired) electrons. The summed E-state index contributed by atoms with van der Waals surface area (Å²) >= 11 is 6.09. The van der Waals surface area contributed by atoms with Crippen LogP contribution in [0.2, 0.25) is 5.02 Å². The lowest BCUT2D eigenvalue weighted by Gasteiger charge is -2.13. The first-order chi connectivity index (χ1) is 7.56. The van der Waals surface area contributed by atoms with Crippen LogP contribution in [0.1, 0.15) is 49.8 Å². The average molecular weight is 237 g/mol. The van der Waals surface area contributed by atoms with Crippen molar-refractivity contribution >= 4 is 17.2 Å². The van der Waals surface area contributed by atoms with E-state index in [2.05, 4.69) is 33.4 Å². The van der Waals surface area contributed by atoms with E-state index in [-0.39, 0.29) is 0 Å². The summed E-state index contributed by atoms with van der Waals surface area (Å²) in [5.74, 6) is 0. The summed E-state index contributed by atoms with van der Waals surface area (Å²) in [6, 6.07) is 4.09. The van der Waals surface area contributed by atoms with Crippen LogP contribution in [0.25, 0.3) is 5.57 Å². The SMILES string of the molecule is C=C(C)c1cc(Cl)cc(C)c1CCCCC. The van der Waals surface area contributed by atoms with Crippen LogP contribution in [0.5, 0.6) is 0 Å². The fourth-order valence-electron chi connectivity index (χ4n) is 2.04. The van der Waals surface area contributed by atoms with Crippen LogP contribution >= 0.6 is 11.6 Å². The van der Waals surface area contributed by atoms with Crippen molar-refractivity contribution in [2.45, 2.75) is 46.5 Å². The Morgan fingerprint density at radius 1 is 1.31 bits per heavy atom. The second-order valence-corrected chi connectivity index (χ2v) is 4.92. The van der Waals surface area contributed by atoms with E-state index in [0.29, 0.717) is 0 Å². The number of allylic oxidation sites excluding steroid dienone is 1. The number of hydrogen-bond acceptors (Lipinski definition) is 0. The molecule has 0 saturated carbocycles. The van der Waals surface area contributed by atoms with Crippen LogP contribution < -0.4 is 0 Å². The Balaban J connectivity index is 2.99. The van der Waals surface area contributed by atoms with Crippen LogP contribution in [0.15, 0.2) is 18.7 Å². The highest BCUT2D eigenvalue weighted by Crippen LogP contribution is 2.27. The highest BCUT2D eigenvalue weighted by Gasteiger charge is 2.08. The second kappa shape index (κ2) is 6.10. The van der Waals surface area contributed by atoms with E-state index in [9.17, 15) is 0 Å². The third-order valence-electron chi connectivity index (χ3n) is 2.93. The molecule has 0 aliphatic carbocycles. The van der Waals surface area contributed by atoms with Crippen molar-refractivity contribution in [3.05, 3.63) is 40.4 Å². The first kappa shape index (κ1) is 13.3. The molecule has 0 atom stereocenters. The Kier molecular flexibility index (Phi) is 5.08. The molecule has 16 heavy (non-hydrogen) atoms. The number of rotatable bonds is 5. The maximum Gasteiger partial charge on any atom is 0.0414 e. The van der Waals surface area contributed by atoms with Gasteiger partial charge in [-0.2, -0.15) is 0 Å². The Hall–Kier alpha value is -0.750. The van der Waals surface area contributed by atoms with E-state index in [4.69, 9.17) is 11.6 Å². The van der Waals surface area contributed by atoms with Gasteiger partial charge in [0, 0.05) is 5.02 Å². The minimum Gasteiger partial charge on any atom is -0.0955 e. The molecule has 0 spiro atoms. The van der Waals surface area contributed by atoms with Gasteiger partial charge < -0.3 is 0 Å². The normalized spacial score (nSPS) is 10.5. The number of benzene rings is 1. The van der Waals surface area contributed by atoms with Gasteiger partial charge in [-0.3, -0.25) is 0 Å². The van der Waals surface area contributed by atoms with Crippen molar-refractivity contribution in [3.63, 3.8) is 0 Å². The number of hydrogen-bond donors (Lipinski definition) is 0. The fraction of sp³-hybridized carbons (Fsp3) is 0.467. The summed E-state index contributed by atoms with van der Waals surface area (Å²) in [6.07, 6.45) is 4.94. The summed E-state index contributed by atoms with van der Waals surface area (Å²) in [7, 11) is 0. The molecule has 0 aromatic heterocycles. The Bertz CT molecular complexity index is 377. The number of unbranched alkanes of at least 4 members (excludes halogenated alkanes) is 2. The van der Waals surface area contributed by atoms with E-state index in [1.807, 2.05) is 6.07 Å². The van der Waals surface area contributed by atoms with Crippen LogP contribution in [-0.4, -0.2) is 0 Å². The zero-order valence-electron chi connectivity index (χ0n) is 10.6. The lowest BCUT2D eigenvalue weighted by atomic mass is 9.93. The van der Waals surface area contributed by atoms with Crippen molar-refractivity contribution in [2.24, 2.45) is 0 Å². The van der Waals surface area contributed by atoms with Crippen molar-refractivity contribution in [1.82, 2.24) is 0 Å². The van der Waals surface area contributed by atoms with Crippen molar-refractivity contribution < 1.29 is 0 Å². The molecule has 0 aliphatic heterocycles. The van der Waals surface area contributed by atoms with Gasteiger partial charge in [0.15, 0.2) is 0 Å². The molecule has 0 unspecified atom stereocenters. The quantitative estimate of drug-likeness (QED) is 0.600. The van der Waals surface area contributed by atoms with Crippen LogP contribution in [0.3, 0.4) is 0 Å². The van der Waals surface area contributed by atoms with Crippen LogP contribution in [0, 0.1) is 6.92 Å². The Morgan fingerprint density at radius 2 is 2.00 bits per heavy atom. The largest absolute Gasteiger partial charge is 0.0955 e. The van der Waals surface area contributed by atoms with Crippen molar-refractivity contribution in [3.8, 4) is 0 Å². The Morgan fingerprint density at radius 3 is 2.56 bits per heavy atom. The topological polar surface area (TPSA) is 0 Å². The third-order valence-corrected chi connectivity index (χ3v) is 3.15. The molecule has 0 bridgehead atoms. The molecule has 0 heterocycles. The lowest BCUT2D eigenvalue weighted by Crippen LogP contribution is -1.96. The summed E-state index contributed by atoms with van der Waals surface area (Å²) in [5.41, 5.74) is 5.06. The molecule has 0 amide bonds. The average Bonchev–Trinajstić information content (AvgIpc) is 2.20. The monoisotopic (exact) mass is 236 g/mol. The van der Waals surface area contributed by atoms with E-state index in [1.165, 1.54) is 36.0 Å². The molecule has 0 aliphatic rings. The van der Waals surface area contributed by atoms with Crippen molar-refractivity contribution in [1.29, 1.82) is 0 Å². The third kappa shape index (κ3) is 3.38. The van der Waals surface area contributed by atoms with E-state index < -0.39 is 0 Å². The zero-order valence-corrected chi connectivity index (χ0v) is 11.3. The van der Waals surface area contributed by atoms with Gasteiger partial charge in [-0.1, -0.05) is 43.5 Å². The fourth-order valence-corrected chi connectivity index (χ4v) is 2.31. The first-order valence-corrected chi connectivity index (χ1v) is 6.39. The smallest absolute Gasteiger partial charge is 0.0414 e. The molecule has 0 saturated heterocycles. The van der Waals surface area contributed by atoms with Crippen molar-refractivity contribution in [2.75, 3.05) is 0 Å². The van der Waals surface area contributed by atoms with E-state index in [1.54, 1.807) is 0 Å². The molecular formula is C15H21Cl. The Labute approximate surface area is 104 Å². The minimum absolute atomic E-state index is 0.815. The lowest BCUT2D eigenvalue weighted by molar-refractivity contribution is 0.714. The van der Waals surface area contributed by atoms with Gasteiger partial charge in [0.25, 0.3) is 0 Å². The molecule has 0 nitrogen and oxygen atoms in total. The number of aryl methyl sites for hydroxylation is 1. The first-order valence-electron chi connectivity index (χ1n) is 6.01. The second-order valence-electron chi connectivity index (χ2n) is 4.49. The predicted molar refractivity (Wildman–Crippen MR) is 74.1 cm³/mol. The highest BCUT2D eigenvalue weighted by molar-refractivity contribution is 6.30. The van der Waals surface area contributed by atoms with Gasteiger partial charge >= 0.3 is 0 Å². The number of halogens is 1. The van der Waals surface area contributed by atoms with Crippen LogP contribution in [0.4, 0.5) is 0 Å². The van der Waals surface area contributed by atoms with Gasteiger partial charge in [0.1, 0.15) is 0 Å². The minimum atomic E-state index is 0.815. The van der Waals surface area contributed by atoms with Gasteiger partial charge in [-0.15, -0.1) is 0 Å². The molecule has 1 aromatic rings. The van der Waals surface area contributed by atoms with Gasteiger partial charge in [0.2, 0.25) is 0 Å². The summed E-state index contributed by atoms with van der Waals surface area (Å²) in [6.45, 7) is 10.5. The van der Waals surface area contributed by atoms with E-state index >= 15 is 0 Å². The summed E-state index contributed by atoms with van der Waals surface area (Å²) < 4.78 is 0. The maximum absolute atomic E-state index is 6.09. The summed E-state index contributed by atoms with van der Waals surface area (Å²) in [5, 5.41) is 0.815. The molecule has 1 aromatic carbocycles. The van der Waals surface area contributed by atoms with Gasteiger partial charge in [-0.25, -0.2) is 0 Å². The maximum atomic E-state index is 6.09. The molecule has 1 rings (SSSR count). The predicted octanol–water partition coefficient (Wildman–Crippen LogP) is 5.41. The highest BCUT2D eigenvalue weighted by atomic mass is 35.5. The van der Waals surface area contributed by atoms with Gasteiger partial charge in [-0.05, 0) is 55.5 Å². The molecular weight excluding hydrogens is 216 g/mol. The zero-order chi connectivity index (χ0) is 12.1. The molecule has 88 valence electrons. The summed E-state index contributed by atoms with van der Waals surface area (Å²) in [4.78, 5) is 0. The van der Waals surface area contributed by atoms with Gasteiger partial charge in [0.05, 0.1) is 0 Å². The molecule has 1 heteroatoms. The molecule has 0 N–H and O–H groups in total. The van der Waals surface area contributed by atoms with E-state index in [0.717, 1.165) is 17.0 Å². The van der Waals surface area contributed by atoms with Crippen LogP contribution in [-0.2, 0) is 6.42 Å². The standard InChI is InChI=1S/C15H21Cl/c1-5-6-7-8-14-12(4)9-13(16)10-15(14)11(2)3/h9-10H,2,5-8H2,1,3-4H3.